The van der Waals surface area contributed by atoms with Crippen LogP contribution < -0.4 is 10.2 Å². The predicted octanol–water partition coefficient (Wildman–Crippen LogP) is 2.79. The van der Waals surface area contributed by atoms with Crippen LogP contribution in [0.1, 0.15) is 40.5 Å². The number of ether oxygens (including phenoxy) is 1. The van der Waals surface area contributed by atoms with Gasteiger partial charge in [-0.2, -0.15) is 4.98 Å². The van der Waals surface area contributed by atoms with Crippen molar-refractivity contribution in [3.63, 3.8) is 0 Å². The number of aromatic hydroxyl groups is 1. The van der Waals surface area contributed by atoms with Gasteiger partial charge in [0.05, 0.1) is 0 Å². The fourth-order valence-electron chi connectivity index (χ4n) is 2.56. The van der Waals surface area contributed by atoms with E-state index in [9.17, 15) is 9.90 Å². The molecule has 1 amide bonds. The summed E-state index contributed by atoms with van der Waals surface area (Å²) in [6.45, 7) is 9.04. The number of carbonyl (C=O) groups excluding carboxylic acids is 1. The average molecular weight is 354 g/mol. The number of aromatic nitrogens is 2. The van der Waals surface area contributed by atoms with Crippen LogP contribution in [0.3, 0.4) is 0 Å². The molecule has 1 aliphatic rings. The van der Waals surface area contributed by atoms with E-state index < -0.39 is 5.60 Å². The molecule has 8 heteroatoms. The van der Waals surface area contributed by atoms with Gasteiger partial charge in [-0.25, -0.2) is 9.78 Å². The van der Waals surface area contributed by atoms with Gasteiger partial charge in [0.15, 0.2) is 5.16 Å². The van der Waals surface area contributed by atoms with E-state index >= 15 is 0 Å². The zero-order chi connectivity index (χ0) is 18.0. The molecule has 0 aliphatic carbocycles. The van der Waals surface area contributed by atoms with Crippen molar-refractivity contribution in [1.82, 2.24) is 15.3 Å². The second-order valence-corrected chi connectivity index (χ2v) is 8.02. The zero-order valence-corrected chi connectivity index (χ0v) is 15.7. The van der Waals surface area contributed by atoms with Gasteiger partial charge >= 0.3 is 6.09 Å². The first-order valence-corrected chi connectivity index (χ1v) is 9.21. The maximum atomic E-state index is 12.0. The summed E-state index contributed by atoms with van der Waals surface area (Å²) in [4.78, 5) is 22.5. The van der Waals surface area contributed by atoms with Gasteiger partial charge in [-0.1, -0.05) is 11.8 Å². The van der Waals surface area contributed by atoms with Crippen LogP contribution in [0.5, 0.6) is 5.88 Å². The summed E-state index contributed by atoms with van der Waals surface area (Å²) in [5.74, 6) is 0.690. The third-order valence-corrected chi connectivity index (χ3v) is 4.40. The summed E-state index contributed by atoms with van der Waals surface area (Å²) in [5.41, 5.74) is -0.815. The van der Waals surface area contributed by atoms with Gasteiger partial charge in [-0.15, -0.1) is 0 Å². The Hall–Kier alpha value is -1.70. The second-order valence-electron chi connectivity index (χ2n) is 7.25. The number of rotatable bonds is 3. The fourth-order valence-corrected chi connectivity index (χ4v) is 2.93. The van der Waals surface area contributed by atoms with Crippen LogP contribution in [-0.4, -0.2) is 51.7 Å². The Morgan fingerprint density at radius 2 is 2.00 bits per heavy atom. The summed E-state index contributed by atoms with van der Waals surface area (Å²) >= 11 is 1.39. The number of nitrogens with one attached hydrogen (secondary N) is 1. The van der Waals surface area contributed by atoms with Gasteiger partial charge in [0, 0.05) is 24.7 Å². The molecule has 2 heterocycles. The Morgan fingerprint density at radius 3 is 2.54 bits per heavy atom. The lowest BCUT2D eigenvalue weighted by atomic mass is 9.90. The van der Waals surface area contributed by atoms with Crippen molar-refractivity contribution >= 4 is 23.7 Å². The van der Waals surface area contributed by atoms with E-state index in [4.69, 9.17) is 4.74 Å². The number of carbonyl (C=O) groups is 1. The van der Waals surface area contributed by atoms with Crippen LogP contribution in [0, 0.1) is 0 Å². The highest BCUT2D eigenvalue weighted by atomic mass is 32.2. The normalized spacial score (nSPS) is 17.5. The zero-order valence-electron chi connectivity index (χ0n) is 14.9. The molecule has 1 saturated heterocycles. The highest BCUT2D eigenvalue weighted by Crippen LogP contribution is 2.28. The first kappa shape index (κ1) is 18.6. The van der Waals surface area contributed by atoms with E-state index in [1.165, 1.54) is 11.8 Å². The third kappa shape index (κ3) is 5.15. The van der Waals surface area contributed by atoms with Crippen LogP contribution >= 0.6 is 11.8 Å². The maximum Gasteiger partial charge on any atom is 0.408 e. The van der Waals surface area contributed by atoms with Crippen molar-refractivity contribution in [2.45, 2.75) is 56.8 Å². The Labute approximate surface area is 147 Å². The summed E-state index contributed by atoms with van der Waals surface area (Å²) in [5, 5.41) is 13.3. The minimum atomic E-state index is -0.506. The van der Waals surface area contributed by atoms with Crippen molar-refractivity contribution in [1.29, 1.82) is 0 Å². The van der Waals surface area contributed by atoms with E-state index in [1.54, 1.807) is 6.07 Å². The number of hydrogen-bond donors (Lipinski definition) is 2. The topological polar surface area (TPSA) is 87.6 Å². The monoisotopic (exact) mass is 354 g/mol. The number of amides is 1. The van der Waals surface area contributed by atoms with Gasteiger partial charge in [0.1, 0.15) is 11.4 Å². The van der Waals surface area contributed by atoms with Gasteiger partial charge in [0.25, 0.3) is 0 Å². The molecule has 0 atom stereocenters. The Balaban J connectivity index is 1.97. The van der Waals surface area contributed by atoms with Gasteiger partial charge in [-0.05, 0) is 46.8 Å². The number of nitrogens with zero attached hydrogens (tertiary/aromatic N) is 3. The van der Waals surface area contributed by atoms with E-state index in [2.05, 4.69) is 20.2 Å². The Morgan fingerprint density at radius 1 is 1.38 bits per heavy atom. The van der Waals surface area contributed by atoms with Crippen LogP contribution in [0.15, 0.2) is 11.2 Å². The summed E-state index contributed by atoms with van der Waals surface area (Å²) < 4.78 is 5.34. The second kappa shape index (κ2) is 7.04. The lowest BCUT2D eigenvalue weighted by Crippen LogP contribution is -2.54. The van der Waals surface area contributed by atoms with Gasteiger partial charge < -0.3 is 20.1 Å². The molecule has 0 spiro atoms. The van der Waals surface area contributed by atoms with Crippen molar-refractivity contribution in [3.05, 3.63) is 6.07 Å². The average Bonchev–Trinajstić information content (AvgIpc) is 2.44. The minimum absolute atomic E-state index is 0.0236. The number of thioether (sulfide) groups is 1. The molecular formula is C16H26N4O3S. The number of alkyl carbamates (subject to hydrolysis) is 1. The van der Waals surface area contributed by atoms with E-state index in [0.717, 1.165) is 25.9 Å². The van der Waals surface area contributed by atoms with Crippen molar-refractivity contribution in [2.75, 3.05) is 24.2 Å². The molecule has 1 fully saturated rings. The summed E-state index contributed by atoms with van der Waals surface area (Å²) in [7, 11) is 0. The van der Waals surface area contributed by atoms with Gasteiger partial charge in [-0.3, -0.25) is 0 Å². The highest BCUT2D eigenvalue weighted by molar-refractivity contribution is 7.98. The minimum Gasteiger partial charge on any atom is -0.493 e. The van der Waals surface area contributed by atoms with Crippen molar-refractivity contribution < 1.29 is 14.6 Å². The molecule has 1 aromatic rings. The van der Waals surface area contributed by atoms with Crippen LogP contribution in [0.4, 0.5) is 10.6 Å². The highest BCUT2D eigenvalue weighted by Gasteiger charge is 2.33. The molecule has 1 aromatic heterocycles. The SMILES string of the molecule is CSc1nc(O)cc(N2CCC(C)(NC(=O)OC(C)(C)C)CC2)n1. The molecule has 0 saturated carbocycles. The summed E-state index contributed by atoms with van der Waals surface area (Å²) in [6, 6.07) is 1.57. The number of anilines is 1. The van der Waals surface area contributed by atoms with Crippen molar-refractivity contribution in [2.24, 2.45) is 0 Å². The van der Waals surface area contributed by atoms with Crippen LogP contribution in [-0.2, 0) is 4.74 Å². The Bertz CT molecular complexity index is 595. The Kier molecular flexibility index (Phi) is 5.47. The quantitative estimate of drug-likeness (QED) is 0.637. The number of piperidine rings is 1. The van der Waals surface area contributed by atoms with Crippen LogP contribution in [0.25, 0.3) is 0 Å². The van der Waals surface area contributed by atoms with E-state index in [0.29, 0.717) is 11.0 Å². The molecule has 1 aliphatic heterocycles. The van der Waals surface area contributed by atoms with E-state index in [1.807, 2.05) is 34.0 Å². The lowest BCUT2D eigenvalue weighted by molar-refractivity contribution is 0.0448. The molecule has 0 bridgehead atoms. The molecule has 134 valence electrons. The molecule has 0 unspecified atom stereocenters. The molecule has 0 radical (unpaired) electrons. The molecule has 7 nitrogen and oxygen atoms in total. The first-order chi connectivity index (χ1) is 11.1. The van der Waals surface area contributed by atoms with Gasteiger partial charge in [0.2, 0.25) is 5.88 Å². The third-order valence-electron chi connectivity index (χ3n) is 3.85. The molecule has 2 N–H and O–H groups in total. The van der Waals surface area contributed by atoms with Crippen LogP contribution in [0.2, 0.25) is 0 Å². The predicted molar refractivity (Wildman–Crippen MR) is 94.7 cm³/mol. The molecule has 0 aromatic carbocycles. The number of hydrogen-bond acceptors (Lipinski definition) is 7. The molecule has 2 rings (SSSR count). The molecular weight excluding hydrogens is 328 g/mol. The largest absolute Gasteiger partial charge is 0.493 e. The fraction of sp³-hybridized carbons (Fsp3) is 0.688. The first-order valence-electron chi connectivity index (χ1n) is 7.98. The standard InChI is InChI=1S/C16H26N4O3S/c1-15(2,3)23-14(22)19-16(4)6-8-20(9-7-16)11-10-12(21)18-13(17-11)24-5/h10H,6-9H2,1-5H3,(H,19,22)(H,17,18,21). The van der Waals surface area contributed by atoms with E-state index in [-0.39, 0.29) is 17.5 Å². The van der Waals surface area contributed by atoms with Crippen molar-refractivity contribution in [3.8, 4) is 5.88 Å². The maximum absolute atomic E-state index is 12.0. The summed E-state index contributed by atoms with van der Waals surface area (Å²) in [6.07, 6.45) is 3.02. The molecule has 24 heavy (non-hydrogen) atoms. The lowest BCUT2D eigenvalue weighted by Gasteiger charge is -2.40. The smallest absolute Gasteiger partial charge is 0.408 e.